The van der Waals surface area contributed by atoms with Crippen LogP contribution in [0.5, 0.6) is 17.2 Å². The molecule has 2 aromatic rings. The number of hydrogen-bond acceptors (Lipinski definition) is 5. The molecule has 0 aromatic heterocycles. The van der Waals surface area contributed by atoms with E-state index in [1.165, 1.54) is 0 Å². The first-order valence-electron chi connectivity index (χ1n) is 7.46. The highest BCUT2D eigenvalue weighted by molar-refractivity contribution is 5.70. The molecule has 0 saturated carbocycles. The molecule has 0 saturated heterocycles. The zero-order valence-electron chi connectivity index (χ0n) is 13.3. The van der Waals surface area contributed by atoms with E-state index < -0.39 is 6.04 Å². The highest BCUT2D eigenvalue weighted by Gasteiger charge is 2.13. The van der Waals surface area contributed by atoms with Gasteiger partial charge in [-0.05, 0) is 36.8 Å². The van der Waals surface area contributed by atoms with Crippen LogP contribution in [0.1, 0.15) is 24.9 Å². The lowest BCUT2D eigenvalue weighted by Gasteiger charge is -2.14. The van der Waals surface area contributed by atoms with Crippen molar-refractivity contribution >= 4 is 5.97 Å². The lowest BCUT2D eigenvalue weighted by atomic mass is 10.0. The van der Waals surface area contributed by atoms with Crippen LogP contribution in [0.2, 0.25) is 0 Å². The van der Waals surface area contributed by atoms with Crippen LogP contribution in [-0.4, -0.2) is 19.7 Å². The maximum atomic E-state index is 11.5. The first-order valence-corrected chi connectivity index (χ1v) is 7.46. The molecule has 0 spiro atoms. The summed E-state index contributed by atoms with van der Waals surface area (Å²) in [5.41, 5.74) is 6.87. The van der Waals surface area contributed by atoms with Crippen LogP contribution in [-0.2, 0) is 9.53 Å². The Morgan fingerprint density at radius 1 is 1.13 bits per heavy atom. The minimum absolute atomic E-state index is 0.131. The lowest BCUT2D eigenvalue weighted by Crippen LogP contribution is -2.17. The highest BCUT2D eigenvalue weighted by atomic mass is 16.5. The van der Waals surface area contributed by atoms with Crippen molar-refractivity contribution < 1.29 is 19.0 Å². The molecule has 5 heteroatoms. The van der Waals surface area contributed by atoms with Crippen molar-refractivity contribution in [3.63, 3.8) is 0 Å². The van der Waals surface area contributed by atoms with Crippen LogP contribution in [0.25, 0.3) is 0 Å². The fourth-order valence-electron chi connectivity index (χ4n) is 2.16. The lowest BCUT2D eigenvalue weighted by molar-refractivity contribution is -0.143. The number of nitrogens with two attached hydrogens (primary N) is 1. The summed E-state index contributed by atoms with van der Waals surface area (Å²) in [7, 11) is 1.59. The quantitative estimate of drug-likeness (QED) is 0.793. The summed E-state index contributed by atoms with van der Waals surface area (Å²) in [4.78, 5) is 11.5. The van der Waals surface area contributed by atoms with Crippen molar-refractivity contribution in [1.29, 1.82) is 0 Å². The Labute approximate surface area is 136 Å². The minimum Gasteiger partial charge on any atom is -0.493 e. The Balaban J connectivity index is 2.12. The molecule has 2 aromatic carbocycles. The molecule has 1 atom stereocenters. The molecule has 0 fully saturated rings. The maximum Gasteiger partial charge on any atom is 0.307 e. The second-order valence-corrected chi connectivity index (χ2v) is 4.94. The van der Waals surface area contributed by atoms with Crippen molar-refractivity contribution in [2.24, 2.45) is 5.73 Å². The molecule has 0 bridgehead atoms. The van der Waals surface area contributed by atoms with Gasteiger partial charge in [-0.1, -0.05) is 24.3 Å². The molecule has 5 nitrogen and oxygen atoms in total. The summed E-state index contributed by atoms with van der Waals surface area (Å²) < 4.78 is 16.0. The van der Waals surface area contributed by atoms with E-state index in [0.717, 1.165) is 5.56 Å². The van der Waals surface area contributed by atoms with Gasteiger partial charge in [-0.25, -0.2) is 0 Å². The van der Waals surface area contributed by atoms with E-state index in [0.29, 0.717) is 23.9 Å². The second-order valence-electron chi connectivity index (χ2n) is 4.94. The molecule has 2 N–H and O–H groups in total. The number of para-hydroxylation sites is 2. The standard InChI is InChI=1S/C18H21NO4/c1-3-22-18(20)12-15(19)13-7-6-8-14(11-13)23-17-10-5-4-9-16(17)21-2/h4-11,15H,3,12,19H2,1-2H3/t15-/m0/s1. The van der Waals surface area contributed by atoms with Crippen molar-refractivity contribution in [3.05, 3.63) is 54.1 Å². The van der Waals surface area contributed by atoms with Gasteiger partial charge < -0.3 is 19.9 Å². The van der Waals surface area contributed by atoms with E-state index in [1.807, 2.05) is 48.5 Å². The largest absolute Gasteiger partial charge is 0.493 e. The average molecular weight is 315 g/mol. The fraction of sp³-hybridized carbons (Fsp3) is 0.278. The molecule has 0 aliphatic heterocycles. The van der Waals surface area contributed by atoms with Crippen LogP contribution in [0.15, 0.2) is 48.5 Å². The summed E-state index contributed by atoms with van der Waals surface area (Å²) in [6, 6.07) is 14.3. The van der Waals surface area contributed by atoms with Crippen LogP contribution in [0.4, 0.5) is 0 Å². The summed E-state index contributed by atoms with van der Waals surface area (Å²) in [6.07, 6.45) is 0.131. The molecule has 23 heavy (non-hydrogen) atoms. The number of esters is 1. The van der Waals surface area contributed by atoms with Crippen LogP contribution >= 0.6 is 0 Å². The number of rotatable bonds is 7. The molecular formula is C18H21NO4. The van der Waals surface area contributed by atoms with E-state index >= 15 is 0 Å². The van der Waals surface area contributed by atoms with E-state index in [9.17, 15) is 4.79 Å². The first kappa shape index (κ1) is 16.8. The van der Waals surface area contributed by atoms with Gasteiger partial charge in [0.15, 0.2) is 11.5 Å². The number of hydrogen-bond donors (Lipinski definition) is 1. The molecule has 0 radical (unpaired) electrons. The van der Waals surface area contributed by atoms with Crippen LogP contribution in [0.3, 0.4) is 0 Å². The number of carbonyl (C=O) groups excluding carboxylic acids is 1. The van der Waals surface area contributed by atoms with Gasteiger partial charge >= 0.3 is 5.97 Å². The Kier molecular flexibility index (Phi) is 6.00. The third-order valence-corrected chi connectivity index (χ3v) is 3.28. The SMILES string of the molecule is CCOC(=O)C[C@H](N)c1cccc(Oc2ccccc2OC)c1. The van der Waals surface area contributed by atoms with Gasteiger partial charge in [0.2, 0.25) is 0 Å². The summed E-state index contributed by atoms with van der Waals surface area (Å²) in [6.45, 7) is 2.12. The van der Waals surface area contributed by atoms with Gasteiger partial charge in [-0.3, -0.25) is 4.79 Å². The number of methoxy groups -OCH3 is 1. The zero-order valence-corrected chi connectivity index (χ0v) is 13.3. The first-order chi connectivity index (χ1) is 11.1. The van der Waals surface area contributed by atoms with E-state index in [-0.39, 0.29) is 12.4 Å². The maximum absolute atomic E-state index is 11.5. The Hall–Kier alpha value is -2.53. The molecular weight excluding hydrogens is 294 g/mol. The summed E-state index contributed by atoms with van der Waals surface area (Å²) >= 11 is 0. The third kappa shape index (κ3) is 4.72. The Morgan fingerprint density at radius 3 is 2.57 bits per heavy atom. The molecule has 0 aliphatic rings. The second kappa shape index (κ2) is 8.19. The van der Waals surface area contributed by atoms with E-state index in [1.54, 1.807) is 14.0 Å². The van der Waals surface area contributed by atoms with Crippen LogP contribution < -0.4 is 15.2 Å². The Morgan fingerprint density at radius 2 is 1.87 bits per heavy atom. The van der Waals surface area contributed by atoms with Crippen molar-refractivity contribution in [2.75, 3.05) is 13.7 Å². The predicted molar refractivity (Wildman–Crippen MR) is 87.7 cm³/mol. The van der Waals surface area contributed by atoms with Gasteiger partial charge in [-0.15, -0.1) is 0 Å². The number of ether oxygens (including phenoxy) is 3. The van der Waals surface area contributed by atoms with Gasteiger partial charge in [0.1, 0.15) is 5.75 Å². The Bertz CT molecular complexity index is 657. The van der Waals surface area contributed by atoms with Crippen LogP contribution in [0, 0.1) is 0 Å². The summed E-state index contributed by atoms with van der Waals surface area (Å²) in [5.74, 6) is 1.59. The van der Waals surface area contributed by atoms with Gasteiger partial charge in [-0.2, -0.15) is 0 Å². The molecule has 0 aliphatic carbocycles. The van der Waals surface area contributed by atoms with Crippen molar-refractivity contribution in [1.82, 2.24) is 0 Å². The van der Waals surface area contributed by atoms with Gasteiger partial charge in [0, 0.05) is 6.04 Å². The molecule has 0 heterocycles. The molecule has 0 amide bonds. The summed E-state index contributed by atoms with van der Waals surface area (Å²) in [5, 5.41) is 0. The van der Waals surface area contributed by atoms with Gasteiger partial charge in [0.25, 0.3) is 0 Å². The fourth-order valence-corrected chi connectivity index (χ4v) is 2.16. The normalized spacial score (nSPS) is 11.6. The zero-order chi connectivity index (χ0) is 16.7. The average Bonchev–Trinajstić information content (AvgIpc) is 2.56. The monoisotopic (exact) mass is 315 g/mol. The predicted octanol–water partition coefficient (Wildman–Crippen LogP) is 3.44. The molecule has 2 rings (SSSR count). The van der Waals surface area contributed by atoms with Crippen molar-refractivity contribution in [2.45, 2.75) is 19.4 Å². The minimum atomic E-state index is -0.435. The third-order valence-electron chi connectivity index (χ3n) is 3.28. The molecule has 122 valence electrons. The van der Waals surface area contributed by atoms with Crippen molar-refractivity contribution in [3.8, 4) is 17.2 Å². The van der Waals surface area contributed by atoms with E-state index in [4.69, 9.17) is 19.9 Å². The topological polar surface area (TPSA) is 70.8 Å². The smallest absolute Gasteiger partial charge is 0.307 e. The molecule has 0 unspecified atom stereocenters. The van der Waals surface area contributed by atoms with Gasteiger partial charge in [0.05, 0.1) is 20.1 Å². The number of benzene rings is 2. The van der Waals surface area contributed by atoms with E-state index in [2.05, 4.69) is 0 Å². The number of carbonyl (C=O) groups is 1. The highest BCUT2D eigenvalue weighted by Crippen LogP contribution is 2.31.